The molecule has 1 aliphatic rings. The minimum Gasteiger partial charge on any atom is -0.430 e. The fourth-order valence-corrected chi connectivity index (χ4v) is 2.15. The van der Waals surface area contributed by atoms with Crippen molar-refractivity contribution in [2.24, 2.45) is 0 Å². The molecule has 2 unspecified atom stereocenters. The molecule has 5 heteroatoms. The van der Waals surface area contributed by atoms with E-state index in [1.807, 2.05) is 13.8 Å². The van der Waals surface area contributed by atoms with E-state index >= 15 is 0 Å². The minimum absolute atomic E-state index is 0.0889. The lowest BCUT2D eigenvalue weighted by atomic mass is 10.1. The zero-order chi connectivity index (χ0) is 12.4. The molecule has 92 valence electrons. The highest BCUT2D eigenvalue weighted by molar-refractivity contribution is 5.93. The van der Waals surface area contributed by atoms with E-state index in [9.17, 15) is 9.59 Å². The third kappa shape index (κ3) is 2.74. The molecule has 0 spiro atoms. The first kappa shape index (κ1) is 11.9. The van der Waals surface area contributed by atoms with Gasteiger partial charge in [0, 0.05) is 31.2 Å². The molecule has 5 nitrogen and oxygen atoms in total. The number of piperazine rings is 1. The maximum absolute atomic E-state index is 12.1. The van der Waals surface area contributed by atoms with Crippen LogP contribution in [0.25, 0.3) is 0 Å². The van der Waals surface area contributed by atoms with Gasteiger partial charge in [-0.2, -0.15) is 0 Å². The van der Waals surface area contributed by atoms with Crippen molar-refractivity contribution in [1.29, 1.82) is 0 Å². The van der Waals surface area contributed by atoms with Crippen LogP contribution in [0.2, 0.25) is 0 Å². The molecule has 2 heterocycles. The predicted molar refractivity (Wildman–Crippen MR) is 62.9 cm³/mol. The van der Waals surface area contributed by atoms with Gasteiger partial charge < -0.3 is 14.6 Å². The molecule has 2 atom stereocenters. The summed E-state index contributed by atoms with van der Waals surface area (Å²) in [6.45, 7) is 5.42. The summed E-state index contributed by atoms with van der Waals surface area (Å²) in [7, 11) is 0. The van der Waals surface area contributed by atoms with Crippen molar-refractivity contribution < 1.29 is 9.21 Å². The average molecular weight is 236 g/mol. The first-order valence-electron chi connectivity index (χ1n) is 5.70. The van der Waals surface area contributed by atoms with E-state index in [0.717, 1.165) is 0 Å². The van der Waals surface area contributed by atoms with Crippen LogP contribution in [-0.4, -0.2) is 36.0 Å². The number of carbonyl (C=O) groups is 1. The summed E-state index contributed by atoms with van der Waals surface area (Å²) in [5.74, 6) is -0.0889. The van der Waals surface area contributed by atoms with E-state index in [0.29, 0.717) is 18.7 Å². The van der Waals surface area contributed by atoms with Gasteiger partial charge in [-0.25, -0.2) is 4.79 Å². The lowest BCUT2D eigenvalue weighted by Gasteiger charge is -2.36. The molecule has 0 aromatic carbocycles. The van der Waals surface area contributed by atoms with Gasteiger partial charge in [-0.3, -0.25) is 4.79 Å². The van der Waals surface area contributed by atoms with Gasteiger partial charge in [0.1, 0.15) is 6.26 Å². The largest absolute Gasteiger partial charge is 0.430 e. The Morgan fingerprint density at radius 1 is 1.35 bits per heavy atom. The molecular weight excluding hydrogens is 220 g/mol. The molecule has 1 N–H and O–H groups in total. The Morgan fingerprint density at radius 2 is 2.00 bits per heavy atom. The Hall–Kier alpha value is -1.62. The van der Waals surface area contributed by atoms with E-state index in [-0.39, 0.29) is 18.0 Å². The number of hydrogen-bond donors (Lipinski definition) is 1. The zero-order valence-electron chi connectivity index (χ0n) is 9.97. The molecule has 2 rings (SSSR count). The van der Waals surface area contributed by atoms with Crippen LogP contribution < -0.4 is 10.9 Å². The van der Waals surface area contributed by atoms with Crippen LogP contribution in [0.15, 0.2) is 27.6 Å². The molecule has 1 fully saturated rings. The van der Waals surface area contributed by atoms with E-state index in [1.54, 1.807) is 4.90 Å². The second kappa shape index (κ2) is 4.71. The Labute approximate surface area is 99.4 Å². The van der Waals surface area contributed by atoms with Gasteiger partial charge in [0.15, 0.2) is 0 Å². The quantitative estimate of drug-likeness (QED) is 0.769. The van der Waals surface area contributed by atoms with Gasteiger partial charge in [0.25, 0.3) is 5.91 Å². The highest BCUT2D eigenvalue weighted by atomic mass is 16.4. The Kier molecular flexibility index (Phi) is 3.28. The normalized spacial score (nSPS) is 24.7. The second-order valence-corrected chi connectivity index (χ2v) is 4.52. The number of carbonyl (C=O) groups excluding carboxylic acids is 1. The van der Waals surface area contributed by atoms with Crippen LogP contribution in [0.4, 0.5) is 0 Å². The van der Waals surface area contributed by atoms with Gasteiger partial charge in [-0.1, -0.05) is 0 Å². The summed E-state index contributed by atoms with van der Waals surface area (Å²) in [6, 6.07) is 3.32. The number of amides is 1. The Morgan fingerprint density at radius 3 is 2.53 bits per heavy atom. The monoisotopic (exact) mass is 236 g/mol. The Balaban J connectivity index is 2.14. The molecule has 1 aromatic rings. The van der Waals surface area contributed by atoms with Gasteiger partial charge in [-0.15, -0.1) is 0 Å². The van der Waals surface area contributed by atoms with E-state index in [4.69, 9.17) is 4.42 Å². The highest BCUT2D eigenvalue weighted by Crippen LogP contribution is 2.09. The molecule has 0 bridgehead atoms. The minimum atomic E-state index is -0.441. The number of rotatable bonds is 1. The maximum atomic E-state index is 12.1. The van der Waals surface area contributed by atoms with E-state index in [2.05, 4.69) is 5.32 Å². The molecule has 17 heavy (non-hydrogen) atoms. The molecule has 0 aliphatic carbocycles. The van der Waals surface area contributed by atoms with E-state index in [1.165, 1.54) is 18.4 Å². The van der Waals surface area contributed by atoms with Crippen molar-refractivity contribution >= 4 is 5.91 Å². The topological polar surface area (TPSA) is 62.6 Å². The summed E-state index contributed by atoms with van der Waals surface area (Å²) in [5, 5.41) is 3.36. The second-order valence-electron chi connectivity index (χ2n) is 4.52. The maximum Gasteiger partial charge on any atom is 0.335 e. The van der Waals surface area contributed by atoms with Crippen LogP contribution in [-0.2, 0) is 0 Å². The number of nitrogens with zero attached hydrogens (tertiary/aromatic N) is 1. The number of hydrogen-bond acceptors (Lipinski definition) is 4. The van der Waals surface area contributed by atoms with Gasteiger partial charge in [0.2, 0.25) is 0 Å². The lowest BCUT2D eigenvalue weighted by Crippen LogP contribution is -2.55. The fraction of sp³-hybridized carbons (Fsp3) is 0.500. The molecular formula is C12H16N2O3. The van der Waals surface area contributed by atoms with Gasteiger partial charge >= 0.3 is 5.63 Å². The molecule has 0 saturated carbocycles. The van der Waals surface area contributed by atoms with Crippen molar-refractivity contribution in [3.63, 3.8) is 0 Å². The van der Waals surface area contributed by atoms with Crippen LogP contribution >= 0.6 is 0 Å². The summed E-state index contributed by atoms with van der Waals surface area (Å²) in [6.07, 6.45) is 1.22. The SMILES string of the molecule is CC1CN(C(=O)c2ccc(=O)oc2)CC(C)N1. The van der Waals surface area contributed by atoms with E-state index < -0.39 is 5.63 Å². The first-order chi connectivity index (χ1) is 8.06. The van der Waals surface area contributed by atoms with Crippen LogP contribution in [0.5, 0.6) is 0 Å². The van der Waals surface area contributed by atoms with Crippen molar-refractivity contribution in [3.05, 3.63) is 34.4 Å². The third-order valence-electron chi connectivity index (χ3n) is 2.79. The summed E-state index contributed by atoms with van der Waals surface area (Å²) < 4.78 is 4.71. The molecule has 1 saturated heterocycles. The summed E-state index contributed by atoms with van der Waals surface area (Å²) >= 11 is 0. The standard InChI is InChI=1S/C12H16N2O3/c1-8-5-14(6-9(2)13-8)12(16)10-3-4-11(15)17-7-10/h3-4,7-9,13H,5-6H2,1-2H3. The van der Waals surface area contributed by atoms with Crippen molar-refractivity contribution in [2.75, 3.05) is 13.1 Å². The molecule has 1 aromatic heterocycles. The number of nitrogens with one attached hydrogen (secondary N) is 1. The molecule has 1 aliphatic heterocycles. The van der Waals surface area contributed by atoms with Crippen molar-refractivity contribution in [2.45, 2.75) is 25.9 Å². The highest BCUT2D eigenvalue weighted by Gasteiger charge is 2.25. The van der Waals surface area contributed by atoms with Gasteiger partial charge in [-0.05, 0) is 19.9 Å². The fourth-order valence-electron chi connectivity index (χ4n) is 2.15. The zero-order valence-corrected chi connectivity index (χ0v) is 9.97. The average Bonchev–Trinajstić information content (AvgIpc) is 2.28. The predicted octanol–water partition coefficient (Wildman–Crippen LogP) is 0.462. The van der Waals surface area contributed by atoms with Crippen LogP contribution in [0.1, 0.15) is 24.2 Å². The third-order valence-corrected chi connectivity index (χ3v) is 2.79. The summed E-state index contributed by atoms with van der Waals surface area (Å²) in [4.78, 5) is 24.7. The van der Waals surface area contributed by atoms with Crippen LogP contribution in [0.3, 0.4) is 0 Å². The van der Waals surface area contributed by atoms with Crippen molar-refractivity contribution in [3.8, 4) is 0 Å². The summed E-state index contributed by atoms with van der Waals surface area (Å²) in [5.41, 5.74) is -0.0190. The molecule has 1 amide bonds. The van der Waals surface area contributed by atoms with Gasteiger partial charge in [0.05, 0.1) is 5.56 Å². The molecule has 0 radical (unpaired) electrons. The Bertz CT molecular complexity index is 439. The smallest absolute Gasteiger partial charge is 0.335 e. The van der Waals surface area contributed by atoms with Crippen LogP contribution in [0, 0.1) is 0 Å². The van der Waals surface area contributed by atoms with Crippen molar-refractivity contribution in [1.82, 2.24) is 10.2 Å². The first-order valence-corrected chi connectivity index (χ1v) is 5.70. The lowest BCUT2D eigenvalue weighted by molar-refractivity contribution is 0.0671.